The Labute approximate surface area is 210 Å². The number of amides is 1. The number of nitrogens with zero attached hydrogens (tertiary/aromatic N) is 2. The van der Waals surface area contributed by atoms with Crippen molar-refractivity contribution in [2.75, 3.05) is 40.4 Å². The zero-order valence-electron chi connectivity index (χ0n) is 19.9. The molecule has 1 amide bonds. The highest BCUT2D eigenvalue weighted by Gasteiger charge is 2.27. The maximum atomic E-state index is 13.5. The monoisotopic (exact) mass is 535 g/mol. The van der Waals surface area contributed by atoms with Crippen LogP contribution in [-0.4, -0.2) is 49.2 Å². The number of benzene rings is 3. The van der Waals surface area contributed by atoms with Crippen molar-refractivity contribution in [1.29, 1.82) is 0 Å². The summed E-state index contributed by atoms with van der Waals surface area (Å²) in [6.45, 7) is 1.59. The number of nitrogens with one attached hydrogen (secondary N) is 1. The molecular weight excluding hydrogens is 509 g/mol. The van der Waals surface area contributed by atoms with Gasteiger partial charge in [0.05, 0.1) is 29.1 Å². The highest BCUT2D eigenvalue weighted by molar-refractivity contribution is 7.93. The Morgan fingerprint density at radius 2 is 1.58 bits per heavy atom. The second-order valence-corrected chi connectivity index (χ2v) is 11.6. The van der Waals surface area contributed by atoms with Gasteiger partial charge >= 0.3 is 0 Å². The van der Waals surface area contributed by atoms with Crippen LogP contribution in [0.15, 0.2) is 77.7 Å². The summed E-state index contributed by atoms with van der Waals surface area (Å²) in [6, 6.07) is 16.5. The molecule has 0 bridgehead atoms. The smallest absolute Gasteiger partial charge is 0.264 e. The number of ether oxygens (including phenoxy) is 1. The maximum Gasteiger partial charge on any atom is 0.264 e. The Hall–Kier alpha value is -3.64. The van der Waals surface area contributed by atoms with Gasteiger partial charge in [-0.15, -0.1) is 0 Å². The second kappa shape index (κ2) is 11.0. The Morgan fingerprint density at radius 3 is 2.17 bits per heavy atom. The molecule has 9 nitrogen and oxygen atoms in total. The van der Waals surface area contributed by atoms with E-state index in [4.69, 9.17) is 4.74 Å². The van der Waals surface area contributed by atoms with Crippen LogP contribution in [-0.2, 0) is 24.8 Å². The van der Waals surface area contributed by atoms with Crippen molar-refractivity contribution in [1.82, 2.24) is 0 Å². The fourth-order valence-electron chi connectivity index (χ4n) is 3.23. The largest absolute Gasteiger partial charge is 0.494 e. The molecule has 0 fully saturated rings. The quantitative estimate of drug-likeness (QED) is 0.426. The molecule has 1 N–H and O–H groups in total. The summed E-state index contributed by atoms with van der Waals surface area (Å²) >= 11 is 0. The molecule has 0 aliphatic carbocycles. The van der Waals surface area contributed by atoms with Crippen molar-refractivity contribution >= 4 is 43.0 Å². The van der Waals surface area contributed by atoms with E-state index in [2.05, 4.69) is 5.32 Å². The van der Waals surface area contributed by atoms with Crippen LogP contribution in [0.2, 0.25) is 0 Å². The summed E-state index contributed by atoms with van der Waals surface area (Å²) in [5.41, 5.74) is 0.671. The predicted octanol–water partition coefficient (Wildman–Crippen LogP) is 3.45. The molecular formula is C24H26FN3O6S2. The van der Waals surface area contributed by atoms with Gasteiger partial charge < -0.3 is 10.1 Å². The average Bonchev–Trinajstić information content (AvgIpc) is 2.83. The molecule has 3 aromatic rings. The highest BCUT2D eigenvalue weighted by atomic mass is 32.2. The molecule has 3 aromatic carbocycles. The summed E-state index contributed by atoms with van der Waals surface area (Å²) in [5, 5.41) is 2.59. The molecule has 0 saturated carbocycles. The third kappa shape index (κ3) is 6.52. The average molecular weight is 536 g/mol. The molecule has 0 aliphatic rings. The number of carbonyl (C=O) groups is 1. The van der Waals surface area contributed by atoms with Gasteiger partial charge in [-0.1, -0.05) is 6.07 Å². The minimum Gasteiger partial charge on any atom is -0.494 e. The van der Waals surface area contributed by atoms with E-state index < -0.39 is 38.3 Å². The Balaban J connectivity index is 1.90. The summed E-state index contributed by atoms with van der Waals surface area (Å²) in [7, 11) is -6.37. The van der Waals surface area contributed by atoms with Crippen LogP contribution >= 0.6 is 0 Å². The minimum atomic E-state index is -4.22. The van der Waals surface area contributed by atoms with Crippen LogP contribution in [0.4, 0.5) is 21.5 Å². The standard InChI is InChI=1S/C24H26FN3O6S2/c1-4-34-22-12-14-23(15-13-22)36(32,33)28(20-10-8-18(25)9-11-20)17-24(29)26-19-6-5-7-21(16-19)27(2)35(3,30)31/h5-16H,4,17H2,1-3H3,(H,26,29). The van der Waals surface area contributed by atoms with Gasteiger partial charge in [0.1, 0.15) is 18.1 Å². The topological polar surface area (TPSA) is 113 Å². The second-order valence-electron chi connectivity index (χ2n) is 7.72. The van der Waals surface area contributed by atoms with Crippen molar-refractivity contribution in [3.05, 3.63) is 78.6 Å². The van der Waals surface area contributed by atoms with Gasteiger partial charge in [-0.3, -0.25) is 13.4 Å². The fourth-order valence-corrected chi connectivity index (χ4v) is 5.14. The van der Waals surface area contributed by atoms with E-state index in [1.165, 1.54) is 49.5 Å². The SMILES string of the molecule is CCOc1ccc(S(=O)(=O)N(CC(=O)Nc2cccc(N(C)S(C)(=O)=O)c2)c2ccc(F)cc2)cc1. The molecule has 0 atom stereocenters. The Kier molecular flexibility index (Phi) is 8.21. The lowest BCUT2D eigenvalue weighted by Crippen LogP contribution is -2.38. The minimum absolute atomic E-state index is 0.0835. The van der Waals surface area contributed by atoms with Gasteiger partial charge in [-0.05, 0) is 73.7 Å². The maximum absolute atomic E-state index is 13.5. The van der Waals surface area contributed by atoms with Crippen molar-refractivity contribution in [3.8, 4) is 5.75 Å². The summed E-state index contributed by atoms with van der Waals surface area (Å²) < 4.78 is 71.4. The van der Waals surface area contributed by atoms with Gasteiger partial charge in [0.15, 0.2) is 0 Å². The van der Waals surface area contributed by atoms with Crippen molar-refractivity contribution < 1.29 is 30.8 Å². The van der Waals surface area contributed by atoms with E-state index in [0.29, 0.717) is 18.0 Å². The molecule has 0 spiro atoms. The summed E-state index contributed by atoms with van der Waals surface area (Å²) in [5.74, 6) is -0.761. The van der Waals surface area contributed by atoms with E-state index in [9.17, 15) is 26.0 Å². The number of hydrogen-bond donors (Lipinski definition) is 1. The van der Waals surface area contributed by atoms with Gasteiger partial charge in [-0.2, -0.15) is 0 Å². The molecule has 0 saturated heterocycles. The number of hydrogen-bond acceptors (Lipinski definition) is 6. The first-order valence-electron chi connectivity index (χ1n) is 10.8. The lowest BCUT2D eigenvalue weighted by molar-refractivity contribution is -0.114. The summed E-state index contributed by atoms with van der Waals surface area (Å²) in [6.07, 6.45) is 1.05. The summed E-state index contributed by atoms with van der Waals surface area (Å²) in [4.78, 5) is 12.8. The van der Waals surface area contributed by atoms with Crippen molar-refractivity contribution in [2.45, 2.75) is 11.8 Å². The van der Waals surface area contributed by atoms with E-state index in [1.54, 1.807) is 25.1 Å². The lowest BCUT2D eigenvalue weighted by Gasteiger charge is -2.24. The predicted molar refractivity (Wildman–Crippen MR) is 137 cm³/mol. The van der Waals surface area contributed by atoms with Crippen LogP contribution in [0.1, 0.15) is 6.92 Å². The highest BCUT2D eigenvalue weighted by Crippen LogP contribution is 2.26. The third-order valence-electron chi connectivity index (χ3n) is 5.12. The molecule has 3 rings (SSSR count). The van der Waals surface area contributed by atoms with Crippen LogP contribution < -0.4 is 18.7 Å². The first-order chi connectivity index (χ1) is 16.9. The first-order valence-corrected chi connectivity index (χ1v) is 14.1. The number of anilines is 3. The molecule has 36 heavy (non-hydrogen) atoms. The van der Waals surface area contributed by atoms with E-state index >= 15 is 0 Å². The number of halogens is 1. The van der Waals surface area contributed by atoms with E-state index in [1.807, 2.05) is 0 Å². The molecule has 0 aromatic heterocycles. The fraction of sp³-hybridized carbons (Fsp3) is 0.208. The molecule has 0 heterocycles. The van der Waals surface area contributed by atoms with Crippen LogP contribution in [0.25, 0.3) is 0 Å². The van der Waals surface area contributed by atoms with Crippen LogP contribution in [0, 0.1) is 5.82 Å². The van der Waals surface area contributed by atoms with Gasteiger partial charge in [-0.25, -0.2) is 21.2 Å². The Morgan fingerprint density at radius 1 is 0.944 bits per heavy atom. The molecule has 192 valence electrons. The van der Waals surface area contributed by atoms with Crippen molar-refractivity contribution in [2.24, 2.45) is 0 Å². The van der Waals surface area contributed by atoms with E-state index in [0.717, 1.165) is 27.0 Å². The zero-order valence-corrected chi connectivity index (χ0v) is 21.5. The number of carbonyl (C=O) groups excluding carboxylic acids is 1. The molecule has 0 radical (unpaired) electrons. The van der Waals surface area contributed by atoms with Gasteiger partial charge in [0, 0.05) is 12.7 Å². The first kappa shape index (κ1) is 27.0. The third-order valence-corrected chi connectivity index (χ3v) is 8.11. The van der Waals surface area contributed by atoms with Crippen LogP contribution in [0.5, 0.6) is 5.75 Å². The van der Waals surface area contributed by atoms with Crippen molar-refractivity contribution in [3.63, 3.8) is 0 Å². The van der Waals surface area contributed by atoms with E-state index in [-0.39, 0.29) is 16.3 Å². The number of sulfonamides is 2. The Bertz CT molecular complexity index is 1430. The molecule has 12 heteroatoms. The lowest BCUT2D eigenvalue weighted by atomic mass is 10.2. The molecule has 0 aliphatic heterocycles. The normalized spacial score (nSPS) is 11.6. The zero-order chi connectivity index (χ0) is 26.5. The molecule has 0 unspecified atom stereocenters. The van der Waals surface area contributed by atoms with Gasteiger partial charge in [0.2, 0.25) is 15.9 Å². The number of rotatable bonds is 10. The van der Waals surface area contributed by atoms with Crippen LogP contribution in [0.3, 0.4) is 0 Å². The van der Waals surface area contributed by atoms with Gasteiger partial charge in [0.25, 0.3) is 10.0 Å².